The lowest BCUT2D eigenvalue weighted by Gasteiger charge is -2.27. The van der Waals surface area contributed by atoms with E-state index in [1.165, 1.54) is 0 Å². The van der Waals surface area contributed by atoms with Gasteiger partial charge in [-0.1, -0.05) is 23.4 Å². The number of hydrogen-bond donors (Lipinski definition) is 2. The molecule has 0 unspecified atom stereocenters. The van der Waals surface area contributed by atoms with Gasteiger partial charge in [0, 0.05) is 32.7 Å². The lowest BCUT2D eigenvalue weighted by atomic mass is 10.2. The van der Waals surface area contributed by atoms with Gasteiger partial charge in [-0.15, -0.1) is 17.5 Å². The first kappa shape index (κ1) is 20.4. The number of nitrogens with zero attached hydrogens (tertiary/aromatic N) is 4. The number of piperazine rings is 1. The summed E-state index contributed by atoms with van der Waals surface area (Å²) < 4.78 is 1.77. The van der Waals surface area contributed by atoms with Crippen LogP contribution >= 0.6 is 12.4 Å². The van der Waals surface area contributed by atoms with Crippen molar-refractivity contribution in [2.45, 2.75) is 19.8 Å². The molecule has 1 aliphatic rings. The molecule has 1 aromatic heterocycles. The van der Waals surface area contributed by atoms with Gasteiger partial charge in [0.1, 0.15) is 0 Å². The predicted octanol–water partition coefficient (Wildman–Crippen LogP) is 0.952. The molecule has 0 atom stereocenters. The van der Waals surface area contributed by atoms with Gasteiger partial charge in [-0.25, -0.2) is 4.68 Å². The lowest BCUT2D eigenvalue weighted by molar-refractivity contribution is -0.120. The SMILES string of the molecule is Cc1c(CC(=O)NCCCN2CCNCC2)nnn1-c1ccccc1.Cl. The maximum absolute atomic E-state index is 12.1. The summed E-state index contributed by atoms with van der Waals surface area (Å²) in [6.07, 6.45) is 1.24. The van der Waals surface area contributed by atoms with E-state index in [0.29, 0.717) is 6.54 Å². The molecule has 0 saturated carbocycles. The van der Waals surface area contributed by atoms with E-state index in [-0.39, 0.29) is 24.7 Å². The molecule has 1 aliphatic heterocycles. The number of benzene rings is 1. The zero-order valence-electron chi connectivity index (χ0n) is 15.1. The smallest absolute Gasteiger partial charge is 0.226 e. The van der Waals surface area contributed by atoms with Gasteiger partial charge in [0.2, 0.25) is 5.91 Å². The Morgan fingerprint density at radius 3 is 2.69 bits per heavy atom. The highest BCUT2D eigenvalue weighted by molar-refractivity contribution is 5.85. The molecule has 2 aromatic rings. The minimum absolute atomic E-state index is 0. The van der Waals surface area contributed by atoms with Gasteiger partial charge in [-0.3, -0.25) is 4.79 Å². The van der Waals surface area contributed by atoms with Crippen LogP contribution in [-0.4, -0.2) is 65.1 Å². The predicted molar refractivity (Wildman–Crippen MR) is 104 cm³/mol. The number of para-hydroxylation sites is 1. The number of aromatic nitrogens is 3. The Morgan fingerprint density at radius 2 is 1.96 bits per heavy atom. The van der Waals surface area contributed by atoms with Crippen molar-refractivity contribution in [3.05, 3.63) is 41.7 Å². The average Bonchev–Trinajstić information content (AvgIpc) is 3.01. The topological polar surface area (TPSA) is 75.1 Å². The van der Waals surface area contributed by atoms with E-state index >= 15 is 0 Å². The first-order valence-corrected chi connectivity index (χ1v) is 8.90. The molecule has 2 heterocycles. The first-order chi connectivity index (χ1) is 12.2. The lowest BCUT2D eigenvalue weighted by Crippen LogP contribution is -2.44. The van der Waals surface area contributed by atoms with Crippen molar-refractivity contribution in [3.63, 3.8) is 0 Å². The molecule has 0 aliphatic carbocycles. The van der Waals surface area contributed by atoms with Crippen LogP contribution in [0.3, 0.4) is 0 Å². The Hall–Kier alpha value is -1.96. The number of carbonyl (C=O) groups is 1. The van der Waals surface area contributed by atoms with Crippen LogP contribution in [0.2, 0.25) is 0 Å². The normalized spacial score (nSPS) is 14.7. The Morgan fingerprint density at radius 1 is 1.23 bits per heavy atom. The van der Waals surface area contributed by atoms with Crippen LogP contribution < -0.4 is 10.6 Å². The highest BCUT2D eigenvalue weighted by Gasteiger charge is 2.14. The summed E-state index contributed by atoms with van der Waals surface area (Å²) in [5.41, 5.74) is 2.58. The van der Waals surface area contributed by atoms with Gasteiger partial charge in [0.15, 0.2) is 0 Å². The van der Waals surface area contributed by atoms with E-state index in [4.69, 9.17) is 0 Å². The summed E-state index contributed by atoms with van der Waals surface area (Å²) in [5.74, 6) is 0.00326. The summed E-state index contributed by atoms with van der Waals surface area (Å²) in [6.45, 7) is 7.98. The molecular formula is C18H27ClN6O. The van der Waals surface area contributed by atoms with E-state index in [2.05, 4.69) is 25.8 Å². The van der Waals surface area contributed by atoms with Crippen molar-refractivity contribution < 1.29 is 4.79 Å². The maximum Gasteiger partial charge on any atom is 0.226 e. The van der Waals surface area contributed by atoms with E-state index in [1.54, 1.807) is 4.68 Å². The fraction of sp³-hybridized carbons (Fsp3) is 0.500. The third-order valence-corrected chi connectivity index (χ3v) is 4.50. The van der Waals surface area contributed by atoms with E-state index in [1.807, 2.05) is 37.3 Å². The standard InChI is InChI=1S/C18H26N6O.ClH/c1-15-17(21-22-24(15)16-6-3-2-4-7-16)14-18(25)20-8-5-11-23-12-9-19-10-13-23;/h2-4,6-7,19H,5,8-14H2,1H3,(H,20,25);1H. The molecule has 0 spiro atoms. The molecule has 8 heteroatoms. The quantitative estimate of drug-likeness (QED) is 0.702. The molecular weight excluding hydrogens is 352 g/mol. The van der Waals surface area contributed by atoms with E-state index in [0.717, 1.165) is 56.2 Å². The number of hydrogen-bond acceptors (Lipinski definition) is 5. The number of rotatable bonds is 7. The molecule has 0 radical (unpaired) electrons. The van der Waals surface area contributed by atoms with Crippen molar-refractivity contribution in [2.75, 3.05) is 39.3 Å². The van der Waals surface area contributed by atoms with Crippen molar-refractivity contribution in [1.29, 1.82) is 0 Å². The van der Waals surface area contributed by atoms with Crippen LogP contribution in [-0.2, 0) is 11.2 Å². The molecule has 1 aromatic carbocycles. The van der Waals surface area contributed by atoms with Crippen LogP contribution in [0.15, 0.2) is 30.3 Å². The number of nitrogens with one attached hydrogen (secondary N) is 2. The van der Waals surface area contributed by atoms with E-state index in [9.17, 15) is 4.79 Å². The van der Waals surface area contributed by atoms with Crippen LogP contribution in [0.5, 0.6) is 0 Å². The monoisotopic (exact) mass is 378 g/mol. The second-order valence-electron chi connectivity index (χ2n) is 6.34. The highest BCUT2D eigenvalue weighted by Crippen LogP contribution is 2.12. The Balaban J connectivity index is 0.00000243. The summed E-state index contributed by atoms with van der Waals surface area (Å²) in [5, 5.41) is 14.7. The van der Waals surface area contributed by atoms with Crippen LogP contribution in [0.4, 0.5) is 0 Å². The van der Waals surface area contributed by atoms with E-state index < -0.39 is 0 Å². The highest BCUT2D eigenvalue weighted by atomic mass is 35.5. The minimum Gasteiger partial charge on any atom is -0.356 e. The summed E-state index contributed by atoms with van der Waals surface area (Å²) in [6, 6.07) is 9.83. The molecule has 1 amide bonds. The molecule has 1 fully saturated rings. The number of carbonyl (C=O) groups excluding carboxylic acids is 1. The first-order valence-electron chi connectivity index (χ1n) is 8.90. The summed E-state index contributed by atoms with van der Waals surface area (Å²) in [7, 11) is 0. The molecule has 142 valence electrons. The molecule has 3 rings (SSSR count). The molecule has 1 saturated heterocycles. The molecule has 2 N–H and O–H groups in total. The zero-order valence-corrected chi connectivity index (χ0v) is 16.0. The second kappa shape index (κ2) is 10.3. The van der Waals surface area contributed by atoms with Gasteiger partial charge in [-0.05, 0) is 32.0 Å². The van der Waals surface area contributed by atoms with Crippen molar-refractivity contribution in [3.8, 4) is 5.69 Å². The summed E-state index contributed by atoms with van der Waals surface area (Å²) >= 11 is 0. The molecule has 26 heavy (non-hydrogen) atoms. The van der Waals surface area contributed by atoms with Crippen molar-refractivity contribution >= 4 is 18.3 Å². The third kappa shape index (κ3) is 5.52. The number of amides is 1. The molecule has 7 nitrogen and oxygen atoms in total. The fourth-order valence-corrected chi connectivity index (χ4v) is 3.02. The van der Waals surface area contributed by atoms with Gasteiger partial charge in [0.05, 0.1) is 23.5 Å². The average molecular weight is 379 g/mol. The largest absolute Gasteiger partial charge is 0.356 e. The molecule has 0 bridgehead atoms. The second-order valence-corrected chi connectivity index (χ2v) is 6.34. The summed E-state index contributed by atoms with van der Waals surface area (Å²) in [4.78, 5) is 14.6. The fourth-order valence-electron chi connectivity index (χ4n) is 3.02. The Kier molecular flexibility index (Phi) is 8.03. The Labute approximate surface area is 160 Å². The van der Waals surface area contributed by atoms with Crippen molar-refractivity contribution in [1.82, 2.24) is 30.5 Å². The van der Waals surface area contributed by atoms with Gasteiger partial charge in [-0.2, -0.15) is 0 Å². The van der Waals surface area contributed by atoms with Crippen LogP contribution in [0, 0.1) is 6.92 Å². The van der Waals surface area contributed by atoms with Crippen LogP contribution in [0.1, 0.15) is 17.8 Å². The zero-order chi connectivity index (χ0) is 17.5. The van der Waals surface area contributed by atoms with Gasteiger partial charge < -0.3 is 15.5 Å². The third-order valence-electron chi connectivity index (χ3n) is 4.50. The number of halogens is 1. The van der Waals surface area contributed by atoms with Crippen molar-refractivity contribution in [2.24, 2.45) is 0 Å². The van der Waals surface area contributed by atoms with Gasteiger partial charge >= 0.3 is 0 Å². The van der Waals surface area contributed by atoms with Gasteiger partial charge in [0.25, 0.3) is 0 Å². The minimum atomic E-state index is 0. The maximum atomic E-state index is 12.1. The Bertz CT molecular complexity index is 684. The van der Waals surface area contributed by atoms with Crippen LogP contribution in [0.25, 0.3) is 5.69 Å².